The van der Waals surface area contributed by atoms with Crippen LogP contribution in [0.3, 0.4) is 0 Å². The Morgan fingerprint density at radius 1 is 1.42 bits per heavy atom. The second kappa shape index (κ2) is 5.63. The molecule has 19 heavy (non-hydrogen) atoms. The summed E-state index contributed by atoms with van der Waals surface area (Å²) in [7, 11) is 0. The highest BCUT2D eigenvalue weighted by Crippen LogP contribution is 2.33. The second-order valence-electron chi connectivity index (χ2n) is 5.94. The highest BCUT2D eigenvalue weighted by atomic mass is 15.3. The Bertz CT molecular complexity index is 473. The van der Waals surface area contributed by atoms with E-state index in [-0.39, 0.29) is 11.6 Å². The Labute approximate surface area is 116 Å². The van der Waals surface area contributed by atoms with Crippen molar-refractivity contribution < 1.29 is 0 Å². The number of rotatable bonds is 2. The van der Waals surface area contributed by atoms with Gasteiger partial charge in [0, 0.05) is 17.8 Å². The molecule has 1 aromatic carbocycles. The summed E-state index contributed by atoms with van der Waals surface area (Å²) in [6, 6.07) is 11.1. The standard InChI is InChI=1S/C16H23N3/c1-13-6-4-5-7-15(13)19-14(8-10-17)12-18-11-9-16(19,2)3/h4-7,14,18H,8-9,11-12H2,1-3H3. The van der Waals surface area contributed by atoms with Crippen LogP contribution in [0.15, 0.2) is 24.3 Å². The van der Waals surface area contributed by atoms with E-state index in [0.717, 1.165) is 19.5 Å². The Kier molecular flexibility index (Phi) is 4.11. The van der Waals surface area contributed by atoms with Crippen LogP contribution in [0, 0.1) is 18.3 Å². The Morgan fingerprint density at radius 3 is 2.84 bits per heavy atom. The Balaban J connectivity index is 2.45. The average molecular weight is 257 g/mol. The summed E-state index contributed by atoms with van der Waals surface area (Å²) in [4.78, 5) is 2.45. The number of nitrogens with zero attached hydrogens (tertiary/aromatic N) is 2. The fourth-order valence-corrected chi connectivity index (χ4v) is 2.99. The van der Waals surface area contributed by atoms with E-state index < -0.39 is 0 Å². The summed E-state index contributed by atoms with van der Waals surface area (Å²) in [5, 5.41) is 12.6. The summed E-state index contributed by atoms with van der Waals surface area (Å²) in [5.41, 5.74) is 2.61. The third kappa shape index (κ3) is 2.90. The highest BCUT2D eigenvalue weighted by molar-refractivity contribution is 5.56. The van der Waals surface area contributed by atoms with Gasteiger partial charge >= 0.3 is 0 Å². The molecular weight excluding hydrogens is 234 g/mol. The zero-order valence-corrected chi connectivity index (χ0v) is 12.1. The normalized spacial score (nSPS) is 22.6. The van der Waals surface area contributed by atoms with Crippen LogP contribution in [-0.2, 0) is 0 Å². The Morgan fingerprint density at radius 2 is 2.16 bits per heavy atom. The number of nitrogens with one attached hydrogen (secondary N) is 1. The van der Waals surface area contributed by atoms with Crippen molar-refractivity contribution in [3.05, 3.63) is 29.8 Å². The smallest absolute Gasteiger partial charge is 0.0643 e. The van der Waals surface area contributed by atoms with Gasteiger partial charge in [0.1, 0.15) is 0 Å². The molecule has 3 heteroatoms. The van der Waals surface area contributed by atoms with Crippen LogP contribution in [0.5, 0.6) is 0 Å². The van der Waals surface area contributed by atoms with Crippen LogP contribution >= 0.6 is 0 Å². The van der Waals surface area contributed by atoms with Crippen molar-refractivity contribution in [3.63, 3.8) is 0 Å². The summed E-state index contributed by atoms with van der Waals surface area (Å²) in [6.45, 7) is 8.59. The first-order valence-corrected chi connectivity index (χ1v) is 6.99. The van der Waals surface area contributed by atoms with Crippen LogP contribution < -0.4 is 10.2 Å². The van der Waals surface area contributed by atoms with E-state index in [1.165, 1.54) is 11.3 Å². The molecule has 102 valence electrons. The van der Waals surface area contributed by atoms with E-state index in [9.17, 15) is 0 Å². The molecule has 0 spiro atoms. The molecule has 1 heterocycles. The van der Waals surface area contributed by atoms with E-state index in [4.69, 9.17) is 5.26 Å². The molecule has 1 aliphatic heterocycles. The molecule has 1 saturated heterocycles. The van der Waals surface area contributed by atoms with Crippen LogP contribution in [0.2, 0.25) is 0 Å². The van der Waals surface area contributed by atoms with Crippen molar-refractivity contribution in [1.82, 2.24) is 5.32 Å². The van der Waals surface area contributed by atoms with Gasteiger partial charge in [-0.15, -0.1) is 0 Å². The van der Waals surface area contributed by atoms with Crippen molar-refractivity contribution in [2.45, 2.75) is 45.2 Å². The van der Waals surface area contributed by atoms with Gasteiger partial charge in [-0.1, -0.05) is 18.2 Å². The number of benzene rings is 1. The van der Waals surface area contributed by atoms with Crippen molar-refractivity contribution >= 4 is 5.69 Å². The lowest BCUT2D eigenvalue weighted by molar-refractivity contribution is 0.417. The lowest BCUT2D eigenvalue weighted by Crippen LogP contribution is -2.51. The van der Waals surface area contributed by atoms with Gasteiger partial charge in [0.05, 0.1) is 18.5 Å². The molecule has 0 aromatic heterocycles. The predicted octanol–water partition coefficient (Wildman–Crippen LogP) is 2.86. The molecule has 0 radical (unpaired) electrons. The van der Waals surface area contributed by atoms with Crippen molar-refractivity contribution in [2.24, 2.45) is 0 Å². The first kappa shape index (κ1) is 13.9. The number of anilines is 1. The van der Waals surface area contributed by atoms with Crippen molar-refractivity contribution in [3.8, 4) is 6.07 Å². The molecular formula is C16H23N3. The molecule has 1 unspecified atom stereocenters. The van der Waals surface area contributed by atoms with Crippen LogP contribution in [0.25, 0.3) is 0 Å². The molecule has 2 rings (SSSR count). The number of hydrogen-bond acceptors (Lipinski definition) is 3. The largest absolute Gasteiger partial charge is 0.361 e. The van der Waals surface area contributed by atoms with Gasteiger partial charge in [-0.25, -0.2) is 0 Å². The van der Waals surface area contributed by atoms with Crippen LogP contribution in [0.1, 0.15) is 32.3 Å². The molecule has 1 aliphatic rings. The fourth-order valence-electron chi connectivity index (χ4n) is 2.99. The maximum Gasteiger partial charge on any atom is 0.0643 e. The van der Waals surface area contributed by atoms with Crippen molar-refractivity contribution in [2.75, 3.05) is 18.0 Å². The lowest BCUT2D eigenvalue weighted by atomic mass is 9.94. The summed E-state index contributed by atoms with van der Waals surface area (Å²) in [6.07, 6.45) is 1.65. The third-order valence-electron chi connectivity index (χ3n) is 4.01. The molecule has 1 aromatic rings. The minimum atomic E-state index is 0.0666. The summed E-state index contributed by atoms with van der Waals surface area (Å²) in [5.74, 6) is 0. The van der Waals surface area contributed by atoms with E-state index in [1.54, 1.807) is 0 Å². The molecule has 0 aliphatic carbocycles. The third-order valence-corrected chi connectivity index (χ3v) is 4.01. The first-order chi connectivity index (χ1) is 9.06. The maximum atomic E-state index is 9.11. The molecule has 1 atom stereocenters. The van der Waals surface area contributed by atoms with Gasteiger partial charge < -0.3 is 10.2 Å². The Hall–Kier alpha value is -1.53. The van der Waals surface area contributed by atoms with Gasteiger partial charge in [0.15, 0.2) is 0 Å². The average Bonchev–Trinajstić information content (AvgIpc) is 2.50. The minimum Gasteiger partial charge on any atom is -0.361 e. The summed E-state index contributed by atoms with van der Waals surface area (Å²) < 4.78 is 0. The molecule has 0 amide bonds. The van der Waals surface area contributed by atoms with Gasteiger partial charge in [0.2, 0.25) is 0 Å². The first-order valence-electron chi connectivity index (χ1n) is 6.99. The van der Waals surface area contributed by atoms with Gasteiger partial charge in [-0.05, 0) is 45.4 Å². The highest BCUT2D eigenvalue weighted by Gasteiger charge is 2.35. The van der Waals surface area contributed by atoms with Gasteiger partial charge in [0.25, 0.3) is 0 Å². The van der Waals surface area contributed by atoms with Crippen molar-refractivity contribution in [1.29, 1.82) is 5.26 Å². The number of para-hydroxylation sites is 1. The van der Waals surface area contributed by atoms with E-state index in [2.05, 4.69) is 61.3 Å². The van der Waals surface area contributed by atoms with Crippen LogP contribution in [0.4, 0.5) is 5.69 Å². The summed E-state index contributed by atoms with van der Waals surface area (Å²) >= 11 is 0. The molecule has 1 fully saturated rings. The molecule has 1 N–H and O–H groups in total. The van der Waals surface area contributed by atoms with E-state index in [0.29, 0.717) is 6.42 Å². The number of aryl methyl sites for hydroxylation is 1. The molecule has 3 nitrogen and oxygen atoms in total. The molecule has 0 bridgehead atoms. The molecule has 0 saturated carbocycles. The maximum absolute atomic E-state index is 9.11. The topological polar surface area (TPSA) is 39.1 Å². The zero-order valence-electron chi connectivity index (χ0n) is 12.1. The van der Waals surface area contributed by atoms with Gasteiger partial charge in [-0.2, -0.15) is 5.26 Å². The monoisotopic (exact) mass is 257 g/mol. The fraction of sp³-hybridized carbons (Fsp3) is 0.562. The SMILES string of the molecule is Cc1ccccc1N1C(CC#N)CNCCC1(C)C. The van der Waals surface area contributed by atoms with E-state index >= 15 is 0 Å². The number of hydrogen-bond donors (Lipinski definition) is 1. The lowest BCUT2D eigenvalue weighted by Gasteiger charge is -2.44. The van der Waals surface area contributed by atoms with E-state index in [1.807, 2.05) is 0 Å². The minimum absolute atomic E-state index is 0.0666. The quantitative estimate of drug-likeness (QED) is 0.885. The number of nitriles is 1. The predicted molar refractivity (Wildman–Crippen MR) is 79.2 cm³/mol. The zero-order chi connectivity index (χ0) is 13.9. The van der Waals surface area contributed by atoms with Gasteiger partial charge in [-0.3, -0.25) is 0 Å². The second-order valence-corrected chi connectivity index (χ2v) is 5.94. The van der Waals surface area contributed by atoms with Crippen LogP contribution in [-0.4, -0.2) is 24.7 Å².